The van der Waals surface area contributed by atoms with E-state index < -0.39 is 0 Å². The number of rotatable bonds is 5. The van der Waals surface area contributed by atoms with Gasteiger partial charge in [0, 0.05) is 18.7 Å². The van der Waals surface area contributed by atoms with Crippen LogP contribution in [0.1, 0.15) is 44.1 Å². The van der Waals surface area contributed by atoms with Crippen LogP contribution in [-0.4, -0.2) is 22.8 Å². The van der Waals surface area contributed by atoms with Crippen LogP contribution in [0.5, 0.6) is 11.5 Å². The van der Waals surface area contributed by atoms with E-state index in [9.17, 15) is 0 Å². The van der Waals surface area contributed by atoms with Gasteiger partial charge < -0.3 is 20.1 Å². The smallest absolute Gasteiger partial charge is 0.231 e. The van der Waals surface area contributed by atoms with E-state index >= 15 is 0 Å². The van der Waals surface area contributed by atoms with Crippen LogP contribution in [0.25, 0.3) is 0 Å². The summed E-state index contributed by atoms with van der Waals surface area (Å²) in [5.74, 6) is 3.33. The maximum Gasteiger partial charge on any atom is 0.231 e. The molecule has 0 atom stereocenters. The van der Waals surface area contributed by atoms with Gasteiger partial charge in [0.1, 0.15) is 18.0 Å². The zero-order valence-corrected chi connectivity index (χ0v) is 14.3. The first-order valence-corrected chi connectivity index (χ1v) is 9.08. The number of aromatic nitrogens is 2. The summed E-state index contributed by atoms with van der Waals surface area (Å²) in [4.78, 5) is 8.69. The Kier molecular flexibility index (Phi) is 4.86. The highest BCUT2D eigenvalue weighted by molar-refractivity contribution is 5.49. The van der Waals surface area contributed by atoms with Crippen molar-refractivity contribution in [3.05, 3.63) is 36.2 Å². The molecule has 2 heterocycles. The fourth-order valence-electron chi connectivity index (χ4n) is 3.41. The Balaban J connectivity index is 1.36. The predicted molar refractivity (Wildman–Crippen MR) is 97.0 cm³/mol. The summed E-state index contributed by atoms with van der Waals surface area (Å²) in [7, 11) is 0. The Morgan fingerprint density at radius 3 is 2.60 bits per heavy atom. The largest absolute Gasteiger partial charge is 0.454 e. The Labute approximate surface area is 148 Å². The second kappa shape index (κ2) is 7.59. The molecule has 0 bridgehead atoms. The van der Waals surface area contributed by atoms with Gasteiger partial charge in [-0.25, -0.2) is 9.97 Å². The van der Waals surface area contributed by atoms with Gasteiger partial charge in [0.2, 0.25) is 6.79 Å². The first kappa shape index (κ1) is 16.0. The lowest BCUT2D eigenvalue weighted by molar-refractivity contribution is 0.174. The van der Waals surface area contributed by atoms with E-state index in [4.69, 9.17) is 9.47 Å². The van der Waals surface area contributed by atoms with Crippen molar-refractivity contribution in [2.24, 2.45) is 0 Å². The summed E-state index contributed by atoms with van der Waals surface area (Å²) in [6.07, 6.45) is 9.37. The van der Waals surface area contributed by atoms with Crippen LogP contribution in [-0.2, 0) is 6.54 Å². The Morgan fingerprint density at radius 2 is 1.72 bits per heavy atom. The van der Waals surface area contributed by atoms with Crippen LogP contribution < -0.4 is 20.1 Å². The summed E-state index contributed by atoms with van der Waals surface area (Å²) >= 11 is 0. The van der Waals surface area contributed by atoms with Crippen molar-refractivity contribution < 1.29 is 9.47 Å². The van der Waals surface area contributed by atoms with Crippen molar-refractivity contribution in [1.82, 2.24) is 9.97 Å². The van der Waals surface area contributed by atoms with Gasteiger partial charge in [0.15, 0.2) is 11.5 Å². The van der Waals surface area contributed by atoms with E-state index in [0.29, 0.717) is 19.4 Å². The maximum absolute atomic E-state index is 5.42. The molecule has 0 amide bonds. The lowest BCUT2D eigenvalue weighted by atomic mass is 10.1. The van der Waals surface area contributed by atoms with Crippen LogP contribution in [0.4, 0.5) is 11.6 Å². The number of benzene rings is 1. The molecule has 25 heavy (non-hydrogen) atoms. The van der Waals surface area contributed by atoms with E-state index in [1.54, 1.807) is 6.33 Å². The number of hydrogen-bond donors (Lipinski definition) is 2. The summed E-state index contributed by atoms with van der Waals surface area (Å²) in [5.41, 5.74) is 1.13. The summed E-state index contributed by atoms with van der Waals surface area (Å²) in [6.45, 7) is 0.977. The number of nitrogens with zero attached hydrogens (tertiary/aromatic N) is 2. The molecule has 0 unspecified atom stereocenters. The minimum Gasteiger partial charge on any atom is -0.454 e. The van der Waals surface area contributed by atoms with E-state index in [1.807, 2.05) is 24.3 Å². The highest BCUT2D eigenvalue weighted by Crippen LogP contribution is 2.32. The van der Waals surface area contributed by atoms with Crippen molar-refractivity contribution in [3.63, 3.8) is 0 Å². The van der Waals surface area contributed by atoms with Crippen LogP contribution in [0.3, 0.4) is 0 Å². The molecule has 4 rings (SSSR count). The molecular weight excluding hydrogens is 316 g/mol. The molecular formula is C19H24N4O2. The molecule has 1 aromatic heterocycles. The monoisotopic (exact) mass is 340 g/mol. The molecule has 0 radical (unpaired) electrons. The van der Waals surface area contributed by atoms with Crippen molar-refractivity contribution >= 4 is 11.6 Å². The van der Waals surface area contributed by atoms with Crippen LogP contribution in [0, 0.1) is 0 Å². The van der Waals surface area contributed by atoms with Crippen molar-refractivity contribution in [3.8, 4) is 11.5 Å². The molecule has 1 aromatic carbocycles. The normalized spacial score (nSPS) is 17.1. The molecule has 2 aliphatic rings. The van der Waals surface area contributed by atoms with Gasteiger partial charge in [-0.3, -0.25) is 0 Å². The fourth-order valence-corrected chi connectivity index (χ4v) is 3.41. The number of ether oxygens (including phenoxy) is 2. The third-order valence-corrected chi connectivity index (χ3v) is 4.78. The van der Waals surface area contributed by atoms with Crippen molar-refractivity contribution in [2.45, 2.75) is 51.1 Å². The average molecular weight is 340 g/mol. The van der Waals surface area contributed by atoms with E-state index in [1.165, 1.54) is 38.5 Å². The Bertz CT molecular complexity index is 714. The predicted octanol–water partition coefficient (Wildman–Crippen LogP) is 3.95. The van der Waals surface area contributed by atoms with Gasteiger partial charge >= 0.3 is 0 Å². The number of hydrogen-bond acceptors (Lipinski definition) is 6. The second-order valence-electron chi connectivity index (χ2n) is 6.66. The highest BCUT2D eigenvalue weighted by atomic mass is 16.7. The average Bonchev–Trinajstić information content (AvgIpc) is 2.96. The number of fused-ring (bicyclic) bond motifs is 1. The lowest BCUT2D eigenvalue weighted by Crippen LogP contribution is -2.19. The van der Waals surface area contributed by atoms with Gasteiger partial charge in [-0.2, -0.15) is 0 Å². The molecule has 2 aromatic rings. The summed E-state index contributed by atoms with van der Waals surface area (Å²) in [5, 5.41) is 6.92. The molecule has 1 fully saturated rings. The summed E-state index contributed by atoms with van der Waals surface area (Å²) < 4.78 is 10.8. The van der Waals surface area contributed by atoms with Gasteiger partial charge in [0.25, 0.3) is 0 Å². The minimum absolute atomic E-state index is 0.300. The van der Waals surface area contributed by atoms with Gasteiger partial charge in [-0.05, 0) is 30.5 Å². The minimum atomic E-state index is 0.300. The van der Waals surface area contributed by atoms with Gasteiger partial charge in [-0.15, -0.1) is 0 Å². The SMILES string of the molecule is c1nc(NCc2ccc3c(c2)OCO3)cc(NC2CCCCCC2)n1. The van der Waals surface area contributed by atoms with Crippen LogP contribution >= 0.6 is 0 Å². The van der Waals surface area contributed by atoms with Crippen LogP contribution in [0.15, 0.2) is 30.6 Å². The van der Waals surface area contributed by atoms with Gasteiger partial charge in [0.05, 0.1) is 0 Å². The number of nitrogens with one attached hydrogen (secondary N) is 2. The molecule has 1 saturated carbocycles. The molecule has 132 valence electrons. The summed E-state index contributed by atoms with van der Waals surface area (Å²) in [6, 6.07) is 8.49. The third kappa shape index (κ3) is 4.13. The first-order valence-electron chi connectivity index (χ1n) is 9.08. The number of anilines is 2. The molecule has 6 heteroatoms. The zero-order valence-electron chi connectivity index (χ0n) is 14.3. The maximum atomic E-state index is 5.42. The topological polar surface area (TPSA) is 68.3 Å². The lowest BCUT2D eigenvalue weighted by Gasteiger charge is -2.17. The Morgan fingerprint density at radius 1 is 0.920 bits per heavy atom. The standard InChI is InChI=1S/C19H24N4O2/c1-2-4-6-15(5-3-1)23-19-10-18(21-12-22-19)20-11-14-7-8-16-17(9-14)25-13-24-16/h7-10,12,15H,1-6,11,13H2,(H2,20,21,22,23). The molecule has 0 saturated heterocycles. The second-order valence-corrected chi connectivity index (χ2v) is 6.66. The molecule has 0 spiro atoms. The van der Waals surface area contributed by atoms with Gasteiger partial charge in [-0.1, -0.05) is 31.7 Å². The molecule has 2 N–H and O–H groups in total. The quantitative estimate of drug-likeness (QED) is 0.803. The zero-order chi connectivity index (χ0) is 16.9. The van der Waals surface area contributed by atoms with E-state index in [-0.39, 0.29) is 0 Å². The third-order valence-electron chi connectivity index (χ3n) is 4.78. The fraction of sp³-hybridized carbons (Fsp3) is 0.474. The van der Waals surface area contributed by atoms with Crippen molar-refractivity contribution in [1.29, 1.82) is 0 Å². The first-order chi connectivity index (χ1) is 12.4. The van der Waals surface area contributed by atoms with Crippen molar-refractivity contribution in [2.75, 3.05) is 17.4 Å². The van der Waals surface area contributed by atoms with E-state index in [2.05, 4.69) is 20.6 Å². The molecule has 1 aliphatic heterocycles. The van der Waals surface area contributed by atoms with E-state index in [0.717, 1.165) is 28.7 Å². The molecule has 1 aliphatic carbocycles. The Hall–Kier alpha value is -2.50. The molecule has 6 nitrogen and oxygen atoms in total. The highest BCUT2D eigenvalue weighted by Gasteiger charge is 2.14. The van der Waals surface area contributed by atoms with Crippen LogP contribution in [0.2, 0.25) is 0 Å².